The number of amides is 1. The average Bonchev–Trinajstić information content (AvgIpc) is 2.72. The Balaban J connectivity index is 0.00000220. The number of hydrogen-bond donors (Lipinski definition) is 2. The van der Waals surface area contributed by atoms with Gasteiger partial charge in [0.15, 0.2) is 5.65 Å². The minimum Gasteiger partial charge on any atom is -0.350 e. The van der Waals surface area contributed by atoms with E-state index in [-0.39, 0.29) is 24.4 Å². The summed E-state index contributed by atoms with van der Waals surface area (Å²) in [5.41, 5.74) is 3.72. The molecule has 0 aliphatic carbocycles. The number of fused-ring (bicyclic) bond motifs is 1. The van der Waals surface area contributed by atoms with Crippen molar-refractivity contribution in [3.63, 3.8) is 0 Å². The second-order valence-corrected chi connectivity index (χ2v) is 5.13. The van der Waals surface area contributed by atoms with E-state index in [9.17, 15) is 4.79 Å². The normalized spacial score (nSPS) is 12.0. The van der Waals surface area contributed by atoms with Crippen LogP contribution in [0.25, 0.3) is 5.65 Å². The van der Waals surface area contributed by atoms with Gasteiger partial charge in [0.05, 0.1) is 5.69 Å². The number of aryl methyl sites for hydroxylation is 3. The van der Waals surface area contributed by atoms with Crippen LogP contribution in [0.5, 0.6) is 0 Å². The van der Waals surface area contributed by atoms with Crippen LogP contribution in [0.3, 0.4) is 0 Å². The zero-order valence-electron chi connectivity index (χ0n) is 13.0. The number of carbonyl (C=O) groups is 1. The largest absolute Gasteiger partial charge is 0.350 e. The number of nitrogens with one attached hydrogen (secondary N) is 2. The lowest BCUT2D eigenvalue weighted by Crippen LogP contribution is -2.37. The summed E-state index contributed by atoms with van der Waals surface area (Å²) in [6, 6.07) is 2.17. The van der Waals surface area contributed by atoms with E-state index in [2.05, 4.69) is 20.7 Å². The standard InChI is InChI=1S/C14H21N5O.ClH/c1-8-6-10(3)19-13(17-8)12(11(4)18-19)14(20)16-7-9(2)15-5;/h6,9,15H,7H2,1-5H3,(H,16,20);1H. The van der Waals surface area contributed by atoms with Gasteiger partial charge in [-0.2, -0.15) is 5.10 Å². The first kappa shape index (κ1) is 17.4. The lowest BCUT2D eigenvalue weighted by molar-refractivity contribution is 0.0951. The molecule has 0 fully saturated rings. The fraction of sp³-hybridized carbons (Fsp3) is 0.500. The van der Waals surface area contributed by atoms with Gasteiger partial charge in [0, 0.05) is 24.0 Å². The summed E-state index contributed by atoms with van der Waals surface area (Å²) < 4.78 is 1.72. The van der Waals surface area contributed by atoms with Crippen LogP contribution >= 0.6 is 12.4 Å². The Morgan fingerprint density at radius 3 is 2.67 bits per heavy atom. The molecule has 2 heterocycles. The maximum absolute atomic E-state index is 12.4. The first-order chi connectivity index (χ1) is 9.43. The second-order valence-electron chi connectivity index (χ2n) is 5.13. The van der Waals surface area contributed by atoms with Crippen LogP contribution in [-0.2, 0) is 0 Å². The fourth-order valence-corrected chi connectivity index (χ4v) is 2.13. The Bertz CT molecular complexity index is 652. The topological polar surface area (TPSA) is 71.3 Å². The van der Waals surface area contributed by atoms with Crippen LogP contribution in [0, 0.1) is 20.8 Å². The van der Waals surface area contributed by atoms with Crippen molar-refractivity contribution in [1.82, 2.24) is 25.2 Å². The first-order valence-corrected chi connectivity index (χ1v) is 6.73. The van der Waals surface area contributed by atoms with Gasteiger partial charge in [0.1, 0.15) is 5.56 Å². The van der Waals surface area contributed by atoms with Gasteiger partial charge in [-0.1, -0.05) is 0 Å². The van der Waals surface area contributed by atoms with Gasteiger partial charge in [-0.25, -0.2) is 9.50 Å². The molecule has 1 amide bonds. The Kier molecular flexibility index (Phi) is 5.69. The highest BCUT2D eigenvalue weighted by atomic mass is 35.5. The van der Waals surface area contributed by atoms with Crippen molar-refractivity contribution in [3.05, 3.63) is 28.7 Å². The van der Waals surface area contributed by atoms with Crippen molar-refractivity contribution in [2.24, 2.45) is 0 Å². The van der Waals surface area contributed by atoms with E-state index < -0.39 is 0 Å². The number of rotatable bonds is 4. The van der Waals surface area contributed by atoms with Gasteiger partial charge in [-0.05, 0) is 40.8 Å². The number of aromatic nitrogens is 3. The summed E-state index contributed by atoms with van der Waals surface area (Å²) in [6.45, 7) is 8.28. The minimum atomic E-state index is -0.128. The molecule has 0 radical (unpaired) electrons. The predicted octanol–water partition coefficient (Wildman–Crippen LogP) is 1.41. The van der Waals surface area contributed by atoms with E-state index >= 15 is 0 Å². The maximum Gasteiger partial charge on any atom is 0.257 e. The van der Waals surface area contributed by atoms with Gasteiger partial charge in [0.25, 0.3) is 5.91 Å². The van der Waals surface area contributed by atoms with E-state index in [0.717, 1.165) is 11.4 Å². The highest BCUT2D eigenvalue weighted by Crippen LogP contribution is 2.15. The third-order valence-electron chi connectivity index (χ3n) is 3.36. The molecule has 0 aliphatic heterocycles. The first-order valence-electron chi connectivity index (χ1n) is 6.73. The van der Waals surface area contributed by atoms with Crippen LogP contribution in [0.15, 0.2) is 6.07 Å². The molecule has 0 bridgehead atoms. The predicted molar refractivity (Wildman–Crippen MR) is 85.3 cm³/mol. The molecule has 1 atom stereocenters. The zero-order chi connectivity index (χ0) is 14.9. The molecule has 0 saturated heterocycles. The SMILES string of the molecule is CNC(C)CNC(=O)c1c(C)nn2c(C)cc(C)nc12.Cl. The van der Waals surface area contributed by atoms with E-state index in [0.29, 0.717) is 23.4 Å². The second kappa shape index (κ2) is 6.87. The van der Waals surface area contributed by atoms with Crippen LogP contribution < -0.4 is 10.6 Å². The zero-order valence-corrected chi connectivity index (χ0v) is 13.8. The molecule has 7 heteroatoms. The molecule has 2 N–H and O–H groups in total. The Morgan fingerprint density at radius 2 is 2.05 bits per heavy atom. The van der Waals surface area contributed by atoms with Crippen molar-refractivity contribution in [3.8, 4) is 0 Å². The molecule has 0 saturated carbocycles. The lowest BCUT2D eigenvalue weighted by Gasteiger charge is -2.11. The van der Waals surface area contributed by atoms with Gasteiger partial charge in [-0.3, -0.25) is 4.79 Å². The van der Waals surface area contributed by atoms with Crippen LogP contribution in [-0.4, -0.2) is 40.1 Å². The Morgan fingerprint density at radius 1 is 1.38 bits per heavy atom. The molecule has 0 aromatic carbocycles. The molecule has 21 heavy (non-hydrogen) atoms. The number of halogens is 1. The van der Waals surface area contributed by atoms with E-state index in [4.69, 9.17) is 0 Å². The van der Waals surface area contributed by atoms with E-state index in [1.54, 1.807) is 4.52 Å². The molecule has 2 rings (SSSR count). The number of likely N-dealkylation sites (N-methyl/N-ethyl adjacent to an activating group) is 1. The molecule has 0 aliphatic rings. The minimum absolute atomic E-state index is 0. The Labute approximate surface area is 130 Å². The van der Waals surface area contributed by atoms with Gasteiger partial charge in [-0.15, -0.1) is 12.4 Å². The lowest BCUT2D eigenvalue weighted by atomic mass is 10.2. The highest BCUT2D eigenvalue weighted by Gasteiger charge is 2.19. The molecule has 6 nitrogen and oxygen atoms in total. The quantitative estimate of drug-likeness (QED) is 0.895. The maximum atomic E-state index is 12.4. The van der Waals surface area contributed by atoms with E-state index in [1.165, 1.54) is 0 Å². The third-order valence-corrected chi connectivity index (χ3v) is 3.36. The number of hydrogen-bond acceptors (Lipinski definition) is 4. The summed E-state index contributed by atoms with van der Waals surface area (Å²) >= 11 is 0. The molecule has 116 valence electrons. The van der Waals surface area contributed by atoms with Gasteiger partial charge in [0.2, 0.25) is 0 Å². The summed E-state index contributed by atoms with van der Waals surface area (Å²) in [5, 5.41) is 10.4. The molecular weight excluding hydrogens is 290 g/mol. The van der Waals surface area contributed by atoms with Crippen LogP contribution in [0.2, 0.25) is 0 Å². The fourth-order valence-electron chi connectivity index (χ4n) is 2.13. The van der Waals surface area contributed by atoms with Crippen molar-refractivity contribution in [1.29, 1.82) is 0 Å². The molecule has 1 unspecified atom stereocenters. The van der Waals surface area contributed by atoms with Crippen molar-refractivity contribution in [2.45, 2.75) is 33.7 Å². The summed E-state index contributed by atoms with van der Waals surface area (Å²) in [7, 11) is 1.87. The van der Waals surface area contributed by atoms with Crippen LogP contribution in [0.1, 0.15) is 34.4 Å². The van der Waals surface area contributed by atoms with E-state index in [1.807, 2.05) is 40.8 Å². The molecular formula is C14H22ClN5O. The molecule has 0 spiro atoms. The smallest absolute Gasteiger partial charge is 0.257 e. The van der Waals surface area contributed by atoms with Crippen molar-refractivity contribution < 1.29 is 4.79 Å². The number of nitrogens with zero attached hydrogens (tertiary/aromatic N) is 3. The van der Waals surface area contributed by atoms with Crippen LogP contribution in [0.4, 0.5) is 0 Å². The summed E-state index contributed by atoms with van der Waals surface area (Å²) in [6.07, 6.45) is 0. The van der Waals surface area contributed by atoms with Crippen molar-refractivity contribution >= 4 is 24.0 Å². The third kappa shape index (κ3) is 3.51. The average molecular weight is 312 g/mol. The van der Waals surface area contributed by atoms with Crippen molar-refractivity contribution in [2.75, 3.05) is 13.6 Å². The monoisotopic (exact) mass is 311 g/mol. The van der Waals surface area contributed by atoms with Gasteiger partial charge >= 0.3 is 0 Å². The number of carbonyl (C=O) groups excluding carboxylic acids is 1. The Hall–Kier alpha value is -1.66. The highest BCUT2D eigenvalue weighted by molar-refractivity contribution is 6.01. The summed E-state index contributed by atoms with van der Waals surface area (Å²) in [5.74, 6) is -0.128. The summed E-state index contributed by atoms with van der Waals surface area (Å²) in [4.78, 5) is 16.8. The molecule has 2 aromatic rings. The molecule has 2 aromatic heterocycles. The van der Waals surface area contributed by atoms with Gasteiger partial charge < -0.3 is 10.6 Å².